The van der Waals surface area contributed by atoms with Gasteiger partial charge >= 0.3 is 0 Å². The Balaban J connectivity index is 2.12. The summed E-state index contributed by atoms with van der Waals surface area (Å²) in [5.74, 6) is 0. The number of hydrogen-bond donors (Lipinski definition) is 1. The summed E-state index contributed by atoms with van der Waals surface area (Å²) >= 11 is 0. The van der Waals surface area contributed by atoms with Crippen LogP contribution in [0.1, 0.15) is 19.0 Å². The van der Waals surface area contributed by atoms with E-state index in [0.717, 1.165) is 45.0 Å². The van der Waals surface area contributed by atoms with Gasteiger partial charge in [-0.3, -0.25) is 9.88 Å². The van der Waals surface area contributed by atoms with Crippen LogP contribution in [0.15, 0.2) is 24.4 Å². The molecule has 0 aliphatic carbocycles. The first-order valence-corrected chi connectivity index (χ1v) is 7.20. The highest BCUT2D eigenvalue weighted by molar-refractivity contribution is 5.03. The molecule has 0 saturated carbocycles. The molecule has 1 heterocycles. The summed E-state index contributed by atoms with van der Waals surface area (Å²) in [5, 5.41) is 3.50. The average molecular weight is 264 g/mol. The molecule has 1 aromatic heterocycles. The van der Waals surface area contributed by atoms with E-state index >= 15 is 0 Å². The summed E-state index contributed by atoms with van der Waals surface area (Å²) < 4.78 is 0. The van der Waals surface area contributed by atoms with E-state index in [1.165, 1.54) is 6.42 Å². The van der Waals surface area contributed by atoms with Gasteiger partial charge in [0.2, 0.25) is 0 Å². The Kier molecular flexibility index (Phi) is 8.38. The van der Waals surface area contributed by atoms with E-state index in [2.05, 4.69) is 53.3 Å². The third-order valence-corrected chi connectivity index (χ3v) is 3.12. The minimum absolute atomic E-state index is 0.941. The zero-order valence-corrected chi connectivity index (χ0v) is 12.6. The van der Waals surface area contributed by atoms with Gasteiger partial charge in [-0.25, -0.2) is 0 Å². The molecule has 1 aromatic rings. The second kappa shape index (κ2) is 9.89. The van der Waals surface area contributed by atoms with Gasteiger partial charge < -0.3 is 10.2 Å². The Bertz CT molecular complexity index is 313. The average Bonchev–Trinajstić information content (AvgIpc) is 2.42. The summed E-state index contributed by atoms with van der Waals surface area (Å²) in [6.45, 7) is 8.59. The molecule has 19 heavy (non-hydrogen) atoms. The SMILES string of the molecule is CCN(CCNCCCN(C)C)Cc1ccccn1. The van der Waals surface area contributed by atoms with Crippen LogP contribution in [-0.2, 0) is 6.54 Å². The van der Waals surface area contributed by atoms with E-state index in [-0.39, 0.29) is 0 Å². The van der Waals surface area contributed by atoms with Gasteiger partial charge in [0.1, 0.15) is 0 Å². The first-order valence-electron chi connectivity index (χ1n) is 7.20. The predicted molar refractivity (Wildman–Crippen MR) is 81.2 cm³/mol. The van der Waals surface area contributed by atoms with Gasteiger partial charge in [-0.05, 0) is 52.3 Å². The first kappa shape index (κ1) is 16.1. The van der Waals surface area contributed by atoms with E-state index in [9.17, 15) is 0 Å². The van der Waals surface area contributed by atoms with Crippen molar-refractivity contribution in [3.8, 4) is 0 Å². The van der Waals surface area contributed by atoms with Crippen molar-refractivity contribution in [2.45, 2.75) is 19.9 Å². The monoisotopic (exact) mass is 264 g/mol. The van der Waals surface area contributed by atoms with Crippen molar-refractivity contribution in [3.63, 3.8) is 0 Å². The van der Waals surface area contributed by atoms with Crippen LogP contribution in [0, 0.1) is 0 Å². The zero-order chi connectivity index (χ0) is 13.9. The molecule has 0 amide bonds. The van der Waals surface area contributed by atoms with E-state index in [0.29, 0.717) is 0 Å². The second-order valence-electron chi connectivity index (χ2n) is 5.10. The first-order chi connectivity index (χ1) is 9.22. The van der Waals surface area contributed by atoms with Gasteiger partial charge in [-0.15, -0.1) is 0 Å². The lowest BCUT2D eigenvalue weighted by Crippen LogP contribution is -2.33. The highest BCUT2D eigenvalue weighted by atomic mass is 15.1. The maximum atomic E-state index is 4.38. The quantitative estimate of drug-likeness (QED) is 0.648. The lowest BCUT2D eigenvalue weighted by molar-refractivity contribution is 0.275. The lowest BCUT2D eigenvalue weighted by Gasteiger charge is -2.20. The molecule has 0 unspecified atom stereocenters. The number of nitrogens with zero attached hydrogens (tertiary/aromatic N) is 3. The van der Waals surface area contributed by atoms with Crippen molar-refractivity contribution in [3.05, 3.63) is 30.1 Å². The Morgan fingerprint density at radius 1 is 1.16 bits per heavy atom. The molecule has 0 spiro atoms. The maximum absolute atomic E-state index is 4.38. The van der Waals surface area contributed by atoms with Gasteiger partial charge in [0.25, 0.3) is 0 Å². The van der Waals surface area contributed by atoms with Crippen LogP contribution in [0.4, 0.5) is 0 Å². The van der Waals surface area contributed by atoms with Crippen LogP contribution in [0.5, 0.6) is 0 Å². The molecule has 4 nitrogen and oxygen atoms in total. The standard InChI is InChI=1S/C15H28N4/c1-4-19(14-15-8-5-6-10-17-15)13-11-16-9-7-12-18(2)3/h5-6,8,10,16H,4,7,9,11-14H2,1-3H3. The Morgan fingerprint density at radius 3 is 2.63 bits per heavy atom. The summed E-state index contributed by atoms with van der Waals surface area (Å²) in [6.07, 6.45) is 3.07. The van der Waals surface area contributed by atoms with Gasteiger partial charge in [0.05, 0.1) is 5.69 Å². The van der Waals surface area contributed by atoms with Crippen molar-refractivity contribution >= 4 is 0 Å². The molecular formula is C15H28N4. The maximum Gasteiger partial charge on any atom is 0.0543 e. The number of pyridine rings is 1. The minimum atomic E-state index is 0.941. The molecule has 0 bridgehead atoms. The van der Waals surface area contributed by atoms with Crippen LogP contribution < -0.4 is 5.32 Å². The molecule has 108 valence electrons. The molecule has 0 aliphatic heterocycles. The van der Waals surface area contributed by atoms with Crippen LogP contribution in [0.25, 0.3) is 0 Å². The van der Waals surface area contributed by atoms with Crippen LogP contribution >= 0.6 is 0 Å². The fourth-order valence-electron chi connectivity index (χ4n) is 1.95. The molecule has 4 heteroatoms. The number of rotatable bonds is 10. The molecule has 0 aliphatic rings. The molecule has 0 saturated heterocycles. The van der Waals surface area contributed by atoms with Gasteiger partial charge in [-0.2, -0.15) is 0 Å². The number of likely N-dealkylation sites (N-methyl/N-ethyl adjacent to an activating group) is 1. The van der Waals surface area contributed by atoms with Gasteiger partial charge in [0.15, 0.2) is 0 Å². The molecule has 1 N–H and O–H groups in total. The number of hydrogen-bond acceptors (Lipinski definition) is 4. The van der Waals surface area contributed by atoms with Gasteiger partial charge in [0, 0.05) is 25.8 Å². The van der Waals surface area contributed by atoms with Crippen LogP contribution in [0.2, 0.25) is 0 Å². The fraction of sp³-hybridized carbons (Fsp3) is 0.667. The smallest absolute Gasteiger partial charge is 0.0543 e. The van der Waals surface area contributed by atoms with E-state index in [1.54, 1.807) is 0 Å². The van der Waals surface area contributed by atoms with Crippen molar-refractivity contribution in [1.82, 2.24) is 20.1 Å². The highest BCUT2D eigenvalue weighted by Crippen LogP contribution is 1.99. The summed E-state index contributed by atoms with van der Waals surface area (Å²) in [6, 6.07) is 6.11. The third-order valence-electron chi connectivity index (χ3n) is 3.12. The molecular weight excluding hydrogens is 236 g/mol. The zero-order valence-electron chi connectivity index (χ0n) is 12.6. The fourth-order valence-corrected chi connectivity index (χ4v) is 1.95. The predicted octanol–water partition coefficient (Wildman–Crippen LogP) is 1.44. The minimum Gasteiger partial charge on any atom is -0.315 e. The van der Waals surface area contributed by atoms with Crippen LogP contribution in [0.3, 0.4) is 0 Å². The molecule has 0 radical (unpaired) electrons. The van der Waals surface area contributed by atoms with Crippen molar-refractivity contribution in [2.24, 2.45) is 0 Å². The van der Waals surface area contributed by atoms with E-state index < -0.39 is 0 Å². The highest BCUT2D eigenvalue weighted by Gasteiger charge is 2.03. The molecule has 1 rings (SSSR count). The normalized spacial score (nSPS) is 11.4. The Hall–Kier alpha value is -0.970. The Morgan fingerprint density at radius 2 is 2.00 bits per heavy atom. The lowest BCUT2D eigenvalue weighted by atomic mass is 10.3. The Labute approximate surface area is 117 Å². The topological polar surface area (TPSA) is 31.4 Å². The van der Waals surface area contributed by atoms with Crippen LogP contribution in [-0.4, -0.2) is 61.6 Å². The molecule has 0 atom stereocenters. The van der Waals surface area contributed by atoms with Crippen molar-refractivity contribution in [2.75, 3.05) is 46.8 Å². The summed E-state index contributed by atoms with van der Waals surface area (Å²) in [4.78, 5) is 9.02. The van der Waals surface area contributed by atoms with Crippen molar-refractivity contribution in [1.29, 1.82) is 0 Å². The largest absolute Gasteiger partial charge is 0.315 e. The third kappa shape index (κ3) is 7.93. The summed E-state index contributed by atoms with van der Waals surface area (Å²) in [5.41, 5.74) is 1.15. The van der Waals surface area contributed by atoms with E-state index in [4.69, 9.17) is 0 Å². The second-order valence-corrected chi connectivity index (χ2v) is 5.10. The molecule has 0 fully saturated rings. The number of nitrogens with one attached hydrogen (secondary N) is 1. The van der Waals surface area contributed by atoms with Crippen molar-refractivity contribution < 1.29 is 0 Å². The van der Waals surface area contributed by atoms with E-state index in [1.807, 2.05) is 12.3 Å². The summed E-state index contributed by atoms with van der Waals surface area (Å²) in [7, 11) is 4.23. The van der Waals surface area contributed by atoms with Gasteiger partial charge in [-0.1, -0.05) is 13.0 Å². The number of aromatic nitrogens is 1. The molecule has 0 aromatic carbocycles.